The van der Waals surface area contributed by atoms with Crippen LogP contribution in [0.25, 0.3) is 5.57 Å². The SMILES string of the molecule is CNC1=C(c2cccc(F)c2)C(=O)C(c2ccccc2)O1.FCF. The third-order valence-corrected chi connectivity index (χ3v) is 3.39. The van der Waals surface area contributed by atoms with Gasteiger partial charge in [0.05, 0.1) is 5.57 Å². The fourth-order valence-electron chi connectivity index (χ4n) is 2.42. The lowest BCUT2D eigenvalue weighted by atomic mass is 9.97. The number of hydrogen-bond acceptors (Lipinski definition) is 3. The Balaban J connectivity index is 0.000000647. The molecule has 2 aromatic rings. The summed E-state index contributed by atoms with van der Waals surface area (Å²) in [6.07, 6.45) is -0.688. The van der Waals surface area contributed by atoms with E-state index in [0.29, 0.717) is 17.0 Å². The van der Waals surface area contributed by atoms with E-state index in [4.69, 9.17) is 4.74 Å². The van der Waals surface area contributed by atoms with Gasteiger partial charge in [0.1, 0.15) is 5.82 Å². The molecule has 1 heterocycles. The van der Waals surface area contributed by atoms with E-state index in [1.807, 2.05) is 30.3 Å². The highest BCUT2D eigenvalue weighted by Crippen LogP contribution is 2.36. The molecular formula is C18H16F3NO2. The zero-order chi connectivity index (χ0) is 17.5. The molecule has 0 saturated heterocycles. The van der Waals surface area contributed by atoms with E-state index in [-0.39, 0.29) is 11.6 Å². The first-order chi connectivity index (χ1) is 11.6. The molecule has 1 aliphatic rings. The van der Waals surface area contributed by atoms with Gasteiger partial charge in [-0.3, -0.25) is 4.79 Å². The number of hydrogen-bond donors (Lipinski definition) is 1. The number of ketones is 1. The Kier molecular flexibility index (Phi) is 6.01. The fourth-order valence-corrected chi connectivity index (χ4v) is 2.42. The molecule has 0 aromatic heterocycles. The maximum absolute atomic E-state index is 13.4. The minimum absolute atomic E-state index is 0.170. The Bertz CT molecular complexity index is 732. The summed E-state index contributed by atoms with van der Waals surface area (Å²) in [4.78, 5) is 12.6. The second kappa shape index (κ2) is 8.19. The minimum Gasteiger partial charge on any atom is -0.462 e. The van der Waals surface area contributed by atoms with E-state index in [9.17, 15) is 18.0 Å². The van der Waals surface area contributed by atoms with Crippen molar-refractivity contribution in [3.8, 4) is 0 Å². The molecule has 24 heavy (non-hydrogen) atoms. The first-order valence-electron chi connectivity index (χ1n) is 7.18. The first kappa shape index (κ1) is 17.6. The summed E-state index contributed by atoms with van der Waals surface area (Å²) in [5, 5.41) is 2.88. The van der Waals surface area contributed by atoms with Gasteiger partial charge in [0.15, 0.2) is 12.0 Å². The van der Waals surface area contributed by atoms with Crippen molar-refractivity contribution in [3.63, 3.8) is 0 Å². The zero-order valence-corrected chi connectivity index (χ0v) is 12.9. The summed E-state index contributed by atoms with van der Waals surface area (Å²) in [6.45, 7) is -1.75. The molecular weight excluding hydrogens is 319 g/mol. The van der Waals surface area contributed by atoms with Crippen molar-refractivity contribution in [1.82, 2.24) is 5.32 Å². The average molecular weight is 335 g/mol. The Morgan fingerprint density at radius 3 is 2.33 bits per heavy atom. The number of ether oxygens (including phenoxy) is 1. The van der Waals surface area contributed by atoms with Gasteiger partial charge in [-0.05, 0) is 17.7 Å². The van der Waals surface area contributed by atoms with E-state index in [1.54, 1.807) is 19.2 Å². The molecule has 0 saturated carbocycles. The van der Waals surface area contributed by atoms with Gasteiger partial charge in [0.2, 0.25) is 12.7 Å². The number of alkyl halides is 2. The van der Waals surface area contributed by atoms with Crippen LogP contribution in [0, 0.1) is 5.82 Å². The van der Waals surface area contributed by atoms with Gasteiger partial charge in [0.25, 0.3) is 0 Å². The van der Waals surface area contributed by atoms with Crippen molar-refractivity contribution in [2.24, 2.45) is 0 Å². The molecule has 2 aromatic carbocycles. The van der Waals surface area contributed by atoms with Crippen molar-refractivity contribution in [2.75, 3.05) is 14.0 Å². The van der Waals surface area contributed by atoms with E-state index in [1.165, 1.54) is 12.1 Å². The van der Waals surface area contributed by atoms with E-state index < -0.39 is 13.0 Å². The van der Waals surface area contributed by atoms with Gasteiger partial charge in [0, 0.05) is 12.6 Å². The second-order valence-electron chi connectivity index (χ2n) is 4.84. The predicted octanol–water partition coefficient (Wildman–Crippen LogP) is 3.94. The Morgan fingerprint density at radius 1 is 1.08 bits per heavy atom. The van der Waals surface area contributed by atoms with Gasteiger partial charge in [-0.15, -0.1) is 0 Å². The largest absolute Gasteiger partial charge is 0.462 e. The van der Waals surface area contributed by atoms with Crippen molar-refractivity contribution in [1.29, 1.82) is 0 Å². The summed E-state index contributed by atoms with van der Waals surface area (Å²) in [5.74, 6) is -0.179. The van der Waals surface area contributed by atoms with Crippen LogP contribution >= 0.6 is 0 Å². The number of halogens is 3. The molecule has 1 atom stereocenters. The first-order valence-corrected chi connectivity index (χ1v) is 7.18. The van der Waals surface area contributed by atoms with Crippen molar-refractivity contribution in [2.45, 2.75) is 6.10 Å². The number of carbonyl (C=O) groups is 1. The molecule has 0 amide bonds. The van der Waals surface area contributed by atoms with E-state index in [2.05, 4.69) is 5.32 Å². The molecule has 1 unspecified atom stereocenters. The van der Waals surface area contributed by atoms with Gasteiger partial charge in [-0.2, -0.15) is 0 Å². The molecule has 3 nitrogen and oxygen atoms in total. The Morgan fingerprint density at radius 2 is 1.75 bits per heavy atom. The summed E-state index contributed by atoms with van der Waals surface area (Å²) < 4.78 is 38.4. The second-order valence-corrected chi connectivity index (χ2v) is 4.84. The van der Waals surface area contributed by atoms with Crippen LogP contribution in [-0.4, -0.2) is 19.8 Å². The molecule has 126 valence electrons. The van der Waals surface area contributed by atoms with Crippen LogP contribution in [0.1, 0.15) is 17.2 Å². The quantitative estimate of drug-likeness (QED) is 0.923. The fraction of sp³-hybridized carbons (Fsp3) is 0.167. The summed E-state index contributed by atoms with van der Waals surface area (Å²) in [6, 6.07) is 15.2. The monoisotopic (exact) mass is 335 g/mol. The Labute approximate surface area is 137 Å². The van der Waals surface area contributed by atoms with Crippen molar-refractivity contribution in [3.05, 3.63) is 77.4 Å². The number of Topliss-reactive ketones (excluding diaryl/α,β-unsaturated/α-hetero) is 1. The maximum atomic E-state index is 13.4. The molecule has 1 N–H and O–H groups in total. The highest BCUT2D eigenvalue weighted by Gasteiger charge is 2.36. The van der Waals surface area contributed by atoms with Crippen LogP contribution in [0.4, 0.5) is 13.2 Å². The lowest BCUT2D eigenvalue weighted by Crippen LogP contribution is -2.10. The summed E-state index contributed by atoms with van der Waals surface area (Å²) in [7, 11) is 1.68. The van der Waals surface area contributed by atoms with E-state index in [0.717, 1.165) is 5.56 Å². The Hall–Kier alpha value is -2.76. The standard InChI is InChI=1S/C17H14FNO2.CH2F2/c1-19-17-14(12-8-5-9-13(18)10-12)15(20)16(21-17)11-6-3-2-4-7-11;2-1-3/h2-10,16,19H,1H3;1H2. The van der Waals surface area contributed by atoms with Crippen LogP contribution in [0.2, 0.25) is 0 Å². The topological polar surface area (TPSA) is 38.3 Å². The smallest absolute Gasteiger partial charge is 0.229 e. The zero-order valence-electron chi connectivity index (χ0n) is 12.9. The van der Waals surface area contributed by atoms with Crippen molar-refractivity contribution < 1.29 is 22.7 Å². The normalized spacial score (nSPS) is 16.3. The van der Waals surface area contributed by atoms with Crippen LogP contribution < -0.4 is 5.32 Å². The third kappa shape index (κ3) is 3.76. The van der Waals surface area contributed by atoms with Crippen LogP contribution in [0.3, 0.4) is 0 Å². The van der Waals surface area contributed by atoms with Crippen LogP contribution in [0.15, 0.2) is 60.5 Å². The molecule has 0 spiro atoms. The predicted molar refractivity (Wildman–Crippen MR) is 84.7 cm³/mol. The molecule has 0 bridgehead atoms. The molecule has 0 aliphatic carbocycles. The van der Waals surface area contributed by atoms with Gasteiger partial charge in [-0.1, -0.05) is 42.5 Å². The number of nitrogens with one attached hydrogen (secondary N) is 1. The summed E-state index contributed by atoms with van der Waals surface area (Å²) >= 11 is 0. The van der Waals surface area contributed by atoms with Crippen molar-refractivity contribution >= 4 is 11.4 Å². The highest BCUT2D eigenvalue weighted by atomic mass is 19.3. The lowest BCUT2D eigenvalue weighted by molar-refractivity contribution is -0.120. The molecule has 1 aliphatic heterocycles. The number of carbonyl (C=O) groups excluding carboxylic acids is 1. The highest BCUT2D eigenvalue weighted by molar-refractivity contribution is 6.25. The summed E-state index contributed by atoms with van der Waals surface area (Å²) in [5.41, 5.74) is 1.68. The minimum atomic E-state index is -1.75. The molecule has 3 rings (SSSR count). The number of benzene rings is 2. The number of rotatable bonds is 3. The van der Waals surface area contributed by atoms with E-state index >= 15 is 0 Å². The third-order valence-electron chi connectivity index (χ3n) is 3.39. The lowest BCUT2D eigenvalue weighted by Gasteiger charge is -2.11. The van der Waals surface area contributed by atoms with Gasteiger partial charge >= 0.3 is 0 Å². The molecule has 0 fully saturated rings. The van der Waals surface area contributed by atoms with Gasteiger partial charge < -0.3 is 10.1 Å². The average Bonchev–Trinajstić information content (AvgIpc) is 2.93. The van der Waals surface area contributed by atoms with Crippen LogP contribution in [-0.2, 0) is 9.53 Å². The molecule has 6 heteroatoms. The van der Waals surface area contributed by atoms with Crippen LogP contribution in [0.5, 0.6) is 0 Å². The molecule has 0 radical (unpaired) electrons. The van der Waals surface area contributed by atoms with Gasteiger partial charge in [-0.25, -0.2) is 13.2 Å². The maximum Gasteiger partial charge on any atom is 0.229 e.